The third kappa shape index (κ3) is 1.67. The molecule has 0 aliphatic heterocycles. The van der Waals surface area contributed by atoms with E-state index in [4.69, 9.17) is 5.73 Å². The highest BCUT2D eigenvalue weighted by Gasteiger charge is 2.02. The van der Waals surface area contributed by atoms with Crippen LogP contribution in [0.25, 0.3) is 5.57 Å². The van der Waals surface area contributed by atoms with Crippen LogP contribution in [0.1, 0.15) is 5.56 Å². The molecule has 0 bridgehead atoms. The number of primary amides is 1. The summed E-state index contributed by atoms with van der Waals surface area (Å²) in [5.41, 5.74) is 6.16. The van der Waals surface area contributed by atoms with Crippen LogP contribution < -0.4 is 5.73 Å². The van der Waals surface area contributed by atoms with Gasteiger partial charge in [-0.25, -0.2) is 0 Å². The van der Waals surface area contributed by atoms with Gasteiger partial charge in [-0.15, -0.1) is 0 Å². The van der Waals surface area contributed by atoms with Crippen molar-refractivity contribution in [2.75, 3.05) is 0 Å². The molecule has 2 N–H and O–H groups in total. The fraction of sp³-hybridized carbons (Fsp3) is 0. The lowest BCUT2D eigenvalue weighted by atomic mass is 10.1. The van der Waals surface area contributed by atoms with E-state index in [2.05, 4.69) is 6.58 Å². The van der Waals surface area contributed by atoms with Crippen molar-refractivity contribution in [2.45, 2.75) is 0 Å². The molecule has 2 heteroatoms. The van der Waals surface area contributed by atoms with Gasteiger partial charge in [0.2, 0.25) is 5.91 Å². The van der Waals surface area contributed by atoms with E-state index in [1.165, 1.54) is 0 Å². The molecule has 0 aromatic heterocycles. The number of nitrogens with two attached hydrogens (primary N) is 1. The minimum absolute atomic E-state index is 0.352. The van der Waals surface area contributed by atoms with Crippen LogP contribution >= 0.6 is 0 Å². The maximum atomic E-state index is 10.6. The average Bonchev–Trinajstić information content (AvgIpc) is 2.05. The molecular formula is C9H9NO. The Kier molecular flexibility index (Phi) is 2.06. The van der Waals surface area contributed by atoms with Crippen LogP contribution in [0.3, 0.4) is 0 Å². The Balaban J connectivity index is 2.95. The van der Waals surface area contributed by atoms with Gasteiger partial charge in [0, 0.05) is 5.57 Å². The SMILES string of the molecule is C=C(C(N)=O)c1ccccc1. The van der Waals surface area contributed by atoms with Crippen molar-refractivity contribution in [3.8, 4) is 0 Å². The first kappa shape index (κ1) is 7.54. The van der Waals surface area contributed by atoms with Gasteiger partial charge >= 0.3 is 0 Å². The number of hydrogen-bond acceptors (Lipinski definition) is 1. The van der Waals surface area contributed by atoms with E-state index in [1.54, 1.807) is 12.1 Å². The molecule has 11 heavy (non-hydrogen) atoms. The molecule has 0 heterocycles. The monoisotopic (exact) mass is 147 g/mol. The van der Waals surface area contributed by atoms with E-state index in [-0.39, 0.29) is 0 Å². The summed E-state index contributed by atoms with van der Waals surface area (Å²) in [4.78, 5) is 10.6. The van der Waals surface area contributed by atoms with Crippen LogP contribution in [0.2, 0.25) is 0 Å². The van der Waals surface area contributed by atoms with E-state index in [0.29, 0.717) is 5.57 Å². The summed E-state index contributed by atoms with van der Waals surface area (Å²) in [6, 6.07) is 9.14. The van der Waals surface area contributed by atoms with Crippen molar-refractivity contribution in [1.29, 1.82) is 0 Å². The summed E-state index contributed by atoms with van der Waals surface area (Å²) in [6.45, 7) is 3.55. The van der Waals surface area contributed by atoms with Crippen molar-refractivity contribution < 1.29 is 4.79 Å². The number of carbonyl (C=O) groups is 1. The van der Waals surface area contributed by atoms with E-state index in [0.717, 1.165) is 5.56 Å². The first-order valence-corrected chi connectivity index (χ1v) is 3.26. The highest BCUT2D eigenvalue weighted by molar-refractivity contribution is 6.17. The van der Waals surface area contributed by atoms with Gasteiger partial charge in [-0.05, 0) is 5.56 Å². The van der Waals surface area contributed by atoms with Crippen LogP contribution in [-0.2, 0) is 4.79 Å². The molecule has 0 unspecified atom stereocenters. The van der Waals surface area contributed by atoms with Crippen molar-refractivity contribution in [2.24, 2.45) is 5.73 Å². The molecule has 0 aliphatic rings. The predicted molar refractivity (Wildman–Crippen MR) is 44.7 cm³/mol. The summed E-state index contributed by atoms with van der Waals surface area (Å²) in [6.07, 6.45) is 0. The van der Waals surface area contributed by atoms with E-state index < -0.39 is 5.91 Å². The van der Waals surface area contributed by atoms with Gasteiger partial charge in [0.05, 0.1) is 0 Å². The molecule has 0 saturated heterocycles. The van der Waals surface area contributed by atoms with Gasteiger partial charge < -0.3 is 5.73 Å². The first-order chi connectivity index (χ1) is 5.22. The molecule has 2 nitrogen and oxygen atoms in total. The lowest BCUT2D eigenvalue weighted by Crippen LogP contribution is -2.11. The quantitative estimate of drug-likeness (QED) is 0.627. The third-order valence-corrected chi connectivity index (χ3v) is 1.42. The molecule has 1 amide bonds. The molecule has 0 aliphatic carbocycles. The highest BCUT2D eigenvalue weighted by Crippen LogP contribution is 2.09. The largest absolute Gasteiger partial charge is 0.366 e. The number of hydrogen-bond donors (Lipinski definition) is 1. The Morgan fingerprint density at radius 1 is 1.27 bits per heavy atom. The zero-order chi connectivity index (χ0) is 8.27. The minimum atomic E-state index is -0.476. The van der Waals surface area contributed by atoms with Crippen LogP contribution in [0.15, 0.2) is 36.9 Å². The summed E-state index contributed by atoms with van der Waals surface area (Å²) in [7, 11) is 0. The Morgan fingerprint density at radius 3 is 2.27 bits per heavy atom. The van der Waals surface area contributed by atoms with Gasteiger partial charge in [0.15, 0.2) is 0 Å². The van der Waals surface area contributed by atoms with Crippen LogP contribution in [0.4, 0.5) is 0 Å². The number of rotatable bonds is 2. The maximum absolute atomic E-state index is 10.6. The van der Waals surface area contributed by atoms with Crippen molar-refractivity contribution in [3.63, 3.8) is 0 Å². The van der Waals surface area contributed by atoms with Gasteiger partial charge in [-0.3, -0.25) is 4.79 Å². The zero-order valence-corrected chi connectivity index (χ0v) is 6.08. The topological polar surface area (TPSA) is 43.1 Å². The van der Waals surface area contributed by atoms with Crippen molar-refractivity contribution >= 4 is 11.5 Å². The Labute approximate surface area is 65.3 Å². The average molecular weight is 147 g/mol. The number of amides is 1. The highest BCUT2D eigenvalue weighted by atomic mass is 16.1. The lowest BCUT2D eigenvalue weighted by Gasteiger charge is -1.98. The lowest BCUT2D eigenvalue weighted by molar-refractivity contribution is -0.112. The molecule has 56 valence electrons. The second-order valence-electron chi connectivity index (χ2n) is 2.21. The van der Waals surface area contributed by atoms with Gasteiger partial charge in [-0.2, -0.15) is 0 Å². The molecule has 0 fully saturated rings. The zero-order valence-electron chi connectivity index (χ0n) is 6.08. The molecule has 0 saturated carbocycles. The second kappa shape index (κ2) is 3.01. The van der Waals surface area contributed by atoms with Gasteiger partial charge in [0.1, 0.15) is 0 Å². The van der Waals surface area contributed by atoms with Gasteiger partial charge in [-0.1, -0.05) is 36.9 Å². The van der Waals surface area contributed by atoms with Crippen LogP contribution in [-0.4, -0.2) is 5.91 Å². The van der Waals surface area contributed by atoms with Crippen LogP contribution in [0, 0.1) is 0 Å². The normalized spacial score (nSPS) is 9.09. The fourth-order valence-electron chi connectivity index (χ4n) is 0.782. The van der Waals surface area contributed by atoms with E-state index in [1.807, 2.05) is 18.2 Å². The summed E-state index contributed by atoms with van der Waals surface area (Å²) in [5, 5.41) is 0. The Morgan fingerprint density at radius 2 is 1.82 bits per heavy atom. The van der Waals surface area contributed by atoms with E-state index >= 15 is 0 Å². The summed E-state index contributed by atoms with van der Waals surface area (Å²) in [5.74, 6) is -0.476. The molecular weight excluding hydrogens is 138 g/mol. The molecule has 0 radical (unpaired) electrons. The third-order valence-electron chi connectivity index (χ3n) is 1.42. The Hall–Kier alpha value is -1.57. The smallest absolute Gasteiger partial charge is 0.248 e. The maximum Gasteiger partial charge on any atom is 0.248 e. The minimum Gasteiger partial charge on any atom is -0.366 e. The second-order valence-corrected chi connectivity index (χ2v) is 2.21. The molecule has 1 aromatic carbocycles. The van der Waals surface area contributed by atoms with Crippen molar-refractivity contribution in [1.82, 2.24) is 0 Å². The fourth-order valence-corrected chi connectivity index (χ4v) is 0.782. The van der Waals surface area contributed by atoms with Gasteiger partial charge in [0.25, 0.3) is 0 Å². The number of benzene rings is 1. The Bertz CT molecular complexity index is 277. The molecule has 1 rings (SSSR count). The summed E-state index contributed by atoms with van der Waals surface area (Å²) >= 11 is 0. The molecule has 0 atom stereocenters. The van der Waals surface area contributed by atoms with Crippen molar-refractivity contribution in [3.05, 3.63) is 42.5 Å². The first-order valence-electron chi connectivity index (χ1n) is 3.26. The molecule has 0 spiro atoms. The molecule has 1 aromatic rings. The number of carbonyl (C=O) groups excluding carboxylic acids is 1. The predicted octanol–water partition coefficient (Wildman–Crippen LogP) is 1.19. The van der Waals surface area contributed by atoms with E-state index in [9.17, 15) is 4.79 Å². The summed E-state index contributed by atoms with van der Waals surface area (Å²) < 4.78 is 0. The standard InChI is InChI=1S/C9H9NO/c1-7(9(10)11)8-5-3-2-4-6-8/h2-6H,1H2,(H2,10,11). The van der Waals surface area contributed by atoms with Crippen LogP contribution in [0.5, 0.6) is 0 Å².